The van der Waals surface area contributed by atoms with E-state index in [0.29, 0.717) is 23.7 Å². The van der Waals surface area contributed by atoms with Gasteiger partial charge in [0.1, 0.15) is 0 Å². The number of hydrogen-bond acceptors (Lipinski definition) is 4. The van der Waals surface area contributed by atoms with Crippen molar-refractivity contribution >= 4 is 51.3 Å². The molecule has 4 nitrogen and oxygen atoms in total. The Morgan fingerprint density at radius 3 is 1.24 bits per heavy atom. The van der Waals surface area contributed by atoms with Gasteiger partial charge in [-0.3, -0.25) is 9.98 Å². The lowest BCUT2D eigenvalue weighted by Crippen LogP contribution is -2.41. The van der Waals surface area contributed by atoms with Crippen molar-refractivity contribution in [3.63, 3.8) is 0 Å². The van der Waals surface area contributed by atoms with Gasteiger partial charge >= 0.3 is 0 Å². The molecule has 0 radical (unpaired) electrons. The molecule has 2 fully saturated rings. The molecule has 0 N–H and O–H groups in total. The number of halogens is 2. The van der Waals surface area contributed by atoms with Gasteiger partial charge in [-0.25, -0.2) is 0 Å². The highest BCUT2D eigenvalue weighted by molar-refractivity contribution is 6.70. The van der Waals surface area contributed by atoms with E-state index in [1.165, 1.54) is 24.3 Å². The maximum Gasteiger partial charge on any atom is 0.183 e. The van der Waals surface area contributed by atoms with Gasteiger partial charge in [-0.1, -0.05) is 40.5 Å². The number of alkyl halides is 2. The smallest absolute Gasteiger partial charge is 0.183 e. The Bertz CT molecular complexity index is 774. The van der Waals surface area contributed by atoms with Gasteiger partial charge in [0.2, 0.25) is 0 Å². The van der Waals surface area contributed by atoms with E-state index < -0.39 is 16.6 Å². The molecule has 8 heteroatoms. The van der Waals surface area contributed by atoms with Gasteiger partial charge in [-0.2, -0.15) is 0 Å². The molecular formula is C34H66Cl2N2O2Si2. The molecular weight excluding hydrogens is 595 g/mol. The van der Waals surface area contributed by atoms with Gasteiger partial charge in [-0.05, 0) is 127 Å². The summed E-state index contributed by atoms with van der Waals surface area (Å²) < 4.78 is 12.6. The van der Waals surface area contributed by atoms with Crippen LogP contribution in [0.15, 0.2) is 9.98 Å². The zero-order chi connectivity index (χ0) is 31.5. The van der Waals surface area contributed by atoms with E-state index in [9.17, 15) is 0 Å². The van der Waals surface area contributed by atoms with Gasteiger partial charge in [0, 0.05) is 24.0 Å². The van der Waals surface area contributed by atoms with E-state index in [1.54, 1.807) is 0 Å². The summed E-state index contributed by atoms with van der Waals surface area (Å²) in [5, 5.41) is 0.413. The SMILES string of the molecule is CCC1CCC(Cl)C(CC)C1N=C(CCCO[Si](C)(C)C)C(CCCO[Si](C)(C)C)=NC1C(CC)CCC(Cl)C1CC. The Hall–Kier alpha value is 0.274. The van der Waals surface area contributed by atoms with Crippen LogP contribution in [0.3, 0.4) is 0 Å². The van der Waals surface area contributed by atoms with Crippen LogP contribution in [-0.4, -0.2) is 64.1 Å². The van der Waals surface area contributed by atoms with Crippen molar-refractivity contribution in [1.82, 2.24) is 0 Å². The summed E-state index contributed by atoms with van der Waals surface area (Å²) in [6, 6.07) is 0.535. The Balaban J connectivity index is 2.56. The predicted octanol–water partition coefficient (Wildman–Crippen LogP) is 10.8. The summed E-state index contributed by atoms with van der Waals surface area (Å²) in [5.74, 6) is 2.01. The molecule has 0 aromatic heterocycles. The first-order chi connectivity index (χ1) is 19.7. The molecule has 0 spiro atoms. The van der Waals surface area contributed by atoms with Crippen molar-refractivity contribution < 1.29 is 8.85 Å². The van der Waals surface area contributed by atoms with E-state index in [0.717, 1.165) is 77.4 Å². The maximum atomic E-state index is 6.99. The minimum Gasteiger partial charge on any atom is -0.418 e. The van der Waals surface area contributed by atoms with Gasteiger partial charge in [0.05, 0.1) is 23.5 Å². The molecule has 2 saturated carbocycles. The van der Waals surface area contributed by atoms with Crippen molar-refractivity contribution in [3.8, 4) is 0 Å². The Morgan fingerprint density at radius 2 is 0.952 bits per heavy atom. The van der Waals surface area contributed by atoms with Gasteiger partial charge < -0.3 is 8.85 Å². The van der Waals surface area contributed by atoms with Crippen LogP contribution in [0.2, 0.25) is 39.3 Å². The van der Waals surface area contributed by atoms with Gasteiger partial charge in [0.15, 0.2) is 16.6 Å². The van der Waals surface area contributed by atoms with Crippen molar-refractivity contribution in [2.45, 2.75) is 167 Å². The quantitative estimate of drug-likeness (QED) is 0.0674. The van der Waals surface area contributed by atoms with E-state index >= 15 is 0 Å². The second-order valence-corrected chi connectivity index (χ2v) is 25.1. The molecule has 42 heavy (non-hydrogen) atoms. The minimum atomic E-state index is -1.57. The third-order valence-corrected chi connectivity index (χ3v) is 12.7. The molecule has 8 atom stereocenters. The van der Waals surface area contributed by atoms with Crippen molar-refractivity contribution in [3.05, 3.63) is 0 Å². The fourth-order valence-electron chi connectivity index (χ4n) is 7.09. The average molecular weight is 662 g/mol. The van der Waals surface area contributed by atoms with Crippen LogP contribution in [0.1, 0.15) is 105 Å². The first-order valence-corrected chi connectivity index (χ1v) is 25.1. The highest BCUT2D eigenvalue weighted by Crippen LogP contribution is 2.40. The average Bonchev–Trinajstić information content (AvgIpc) is 2.91. The first-order valence-electron chi connectivity index (χ1n) is 17.4. The van der Waals surface area contributed by atoms with Gasteiger partial charge in [-0.15, -0.1) is 23.2 Å². The largest absolute Gasteiger partial charge is 0.418 e. The Labute approximate surface area is 272 Å². The monoisotopic (exact) mass is 660 g/mol. The van der Waals surface area contributed by atoms with E-state index in [2.05, 4.69) is 67.0 Å². The summed E-state index contributed by atoms with van der Waals surface area (Å²) in [5.41, 5.74) is 2.44. The summed E-state index contributed by atoms with van der Waals surface area (Å²) in [4.78, 5) is 11.5. The number of hydrogen-bond donors (Lipinski definition) is 0. The molecule has 246 valence electrons. The van der Waals surface area contributed by atoms with E-state index in [1.807, 2.05) is 0 Å². The number of nitrogens with zero attached hydrogens (tertiary/aromatic N) is 2. The fourth-order valence-corrected chi connectivity index (χ4v) is 9.51. The lowest BCUT2D eigenvalue weighted by Gasteiger charge is -2.40. The van der Waals surface area contributed by atoms with Crippen molar-refractivity contribution in [2.24, 2.45) is 33.7 Å². The highest BCUT2D eigenvalue weighted by Gasteiger charge is 2.39. The van der Waals surface area contributed by atoms with Gasteiger partial charge in [0.25, 0.3) is 0 Å². The van der Waals surface area contributed by atoms with E-state index in [-0.39, 0.29) is 22.8 Å². The van der Waals surface area contributed by atoms with Crippen LogP contribution in [-0.2, 0) is 8.85 Å². The maximum absolute atomic E-state index is 6.99. The summed E-state index contributed by atoms with van der Waals surface area (Å²) in [6.45, 7) is 24.5. The fraction of sp³-hybridized carbons (Fsp3) is 0.941. The molecule has 2 aliphatic rings. The molecule has 0 heterocycles. The van der Waals surface area contributed by atoms with Crippen LogP contribution in [0.25, 0.3) is 0 Å². The molecule has 0 saturated heterocycles. The van der Waals surface area contributed by atoms with Crippen LogP contribution in [0, 0.1) is 23.7 Å². The van der Waals surface area contributed by atoms with Crippen LogP contribution in [0.4, 0.5) is 0 Å². The lowest BCUT2D eigenvalue weighted by atomic mass is 9.74. The normalized spacial score (nSPS) is 31.9. The summed E-state index contributed by atoms with van der Waals surface area (Å²) in [7, 11) is -3.14. The Kier molecular flexibility index (Phi) is 16.9. The van der Waals surface area contributed by atoms with Crippen LogP contribution >= 0.6 is 23.2 Å². The molecule has 0 aromatic rings. The minimum absolute atomic E-state index is 0.206. The molecule has 0 bridgehead atoms. The zero-order valence-corrected chi connectivity index (χ0v) is 32.5. The van der Waals surface area contributed by atoms with E-state index in [4.69, 9.17) is 42.0 Å². The molecule has 8 unspecified atom stereocenters. The standard InChI is InChI=1S/C34H66Cl2N2O2Si2/c1-11-25-19-21-29(35)27(13-3)33(25)37-31(17-15-23-39-41(5,6)7)32(18-16-24-40-42(8,9)10)38-34-26(12-2)20-22-30(36)28(34)14-4/h25-30,33-34H,11-24H2,1-10H3. The molecule has 0 amide bonds. The molecule has 2 aliphatic carbocycles. The van der Waals surface area contributed by atoms with Crippen molar-refractivity contribution in [1.29, 1.82) is 0 Å². The summed E-state index contributed by atoms with van der Waals surface area (Å²) in [6.07, 6.45) is 12.8. The predicted molar refractivity (Wildman–Crippen MR) is 192 cm³/mol. The molecule has 2 rings (SSSR count). The van der Waals surface area contributed by atoms with Crippen molar-refractivity contribution in [2.75, 3.05) is 13.2 Å². The zero-order valence-electron chi connectivity index (χ0n) is 29.0. The first kappa shape index (κ1) is 38.5. The third-order valence-electron chi connectivity index (χ3n) is 9.52. The lowest BCUT2D eigenvalue weighted by molar-refractivity contribution is 0.215. The highest BCUT2D eigenvalue weighted by atomic mass is 35.5. The third kappa shape index (κ3) is 12.6. The molecule has 0 aromatic carbocycles. The topological polar surface area (TPSA) is 43.2 Å². The number of aliphatic imine (C=N–C) groups is 2. The summed E-state index contributed by atoms with van der Waals surface area (Å²) >= 11 is 14.0. The van der Waals surface area contributed by atoms with Crippen LogP contribution < -0.4 is 0 Å². The number of rotatable bonds is 17. The second kappa shape index (κ2) is 18.4. The molecule has 0 aliphatic heterocycles. The van der Waals surface area contributed by atoms with Crippen LogP contribution in [0.5, 0.6) is 0 Å². The second-order valence-electron chi connectivity index (χ2n) is 14.9. The Morgan fingerprint density at radius 1 is 0.595 bits per heavy atom.